The van der Waals surface area contributed by atoms with Crippen LogP contribution in [-0.2, 0) is 11.3 Å². The Kier molecular flexibility index (Phi) is 4.85. The van der Waals surface area contributed by atoms with Crippen LogP contribution in [0.2, 0.25) is 0 Å². The lowest BCUT2D eigenvalue weighted by Crippen LogP contribution is -2.43. The zero-order chi connectivity index (χ0) is 21.5. The summed E-state index contributed by atoms with van der Waals surface area (Å²) >= 11 is 0. The molecular formula is C21H23FN6O3. The fourth-order valence-electron chi connectivity index (χ4n) is 4.29. The zero-order valence-corrected chi connectivity index (χ0v) is 17.2. The Balaban J connectivity index is 1.69. The highest BCUT2D eigenvalue weighted by Crippen LogP contribution is 2.34. The van der Waals surface area contributed by atoms with E-state index in [0.29, 0.717) is 33.9 Å². The number of anilines is 3. The standard InChI is InChI=1S/C21H23FN6O3/c1-23-14-8-17-25-15-7-11(6-12(22)19(15)30-2)9-31-16-5-3-4-13(16)26-21(29)28-10-24-18(14)20(28)27-17/h6-8,10,13,16H,3-5,9H2,1-2H3,(H,26,29)(H2,23,25,27)/t13-,16-/m1/s1. The SMILES string of the molecule is CNc1cc2nc3c1ncn3C(=O)N[C@@H]1CCC[C@H]1OCc1cc(F)c(OC)c(c1)N2. The zero-order valence-electron chi connectivity index (χ0n) is 17.2. The number of aromatic nitrogens is 3. The van der Waals surface area contributed by atoms with Gasteiger partial charge in [-0.3, -0.25) is 0 Å². The van der Waals surface area contributed by atoms with Crippen LogP contribution in [0, 0.1) is 5.82 Å². The number of imidazole rings is 1. The van der Waals surface area contributed by atoms with Crippen LogP contribution in [0.25, 0.3) is 11.2 Å². The largest absolute Gasteiger partial charge is 0.492 e. The Morgan fingerprint density at radius 3 is 3.00 bits per heavy atom. The number of methoxy groups -OCH3 is 1. The molecule has 3 heterocycles. The molecule has 0 radical (unpaired) electrons. The molecule has 0 saturated heterocycles. The number of hydrogen-bond acceptors (Lipinski definition) is 7. The van der Waals surface area contributed by atoms with Crippen LogP contribution in [0.3, 0.4) is 0 Å². The number of amides is 1. The van der Waals surface area contributed by atoms with E-state index in [1.54, 1.807) is 19.2 Å². The normalized spacial score (nSPS) is 20.7. The van der Waals surface area contributed by atoms with Crippen LogP contribution in [0.1, 0.15) is 24.8 Å². The molecule has 1 fully saturated rings. The van der Waals surface area contributed by atoms with Gasteiger partial charge in [0.25, 0.3) is 0 Å². The van der Waals surface area contributed by atoms with E-state index in [2.05, 4.69) is 25.9 Å². The summed E-state index contributed by atoms with van der Waals surface area (Å²) in [6.45, 7) is 0.219. The van der Waals surface area contributed by atoms with Gasteiger partial charge in [-0.25, -0.2) is 23.7 Å². The highest BCUT2D eigenvalue weighted by Gasteiger charge is 2.31. The summed E-state index contributed by atoms with van der Waals surface area (Å²) in [5.41, 5.74) is 2.71. The molecule has 9 nitrogen and oxygen atoms in total. The van der Waals surface area contributed by atoms with E-state index in [-0.39, 0.29) is 30.5 Å². The van der Waals surface area contributed by atoms with Crippen molar-refractivity contribution in [3.05, 3.63) is 35.9 Å². The first-order chi connectivity index (χ1) is 15.1. The van der Waals surface area contributed by atoms with E-state index in [9.17, 15) is 9.18 Å². The second-order valence-corrected chi connectivity index (χ2v) is 7.71. The van der Waals surface area contributed by atoms with E-state index in [4.69, 9.17) is 9.47 Å². The molecule has 3 N–H and O–H groups in total. The molecule has 1 saturated carbocycles. The number of pyridine rings is 1. The topological polar surface area (TPSA) is 102 Å². The Labute approximate surface area is 178 Å². The van der Waals surface area contributed by atoms with Crippen LogP contribution in [0.15, 0.2) is 24.5 Å². The third kappa shape index (κ3) is 3.42. The molecule has 1 aliphatic heterocycles. The maximum absolute atomic E-state index is 14.7. The molecule has 0 spiro atoms. The Hall–Kier alpha value is -3.40. The average molecular weight is 426 g/mol. The van der Waals surface area contributed by atoms with Crippen molar-refractivity contribution in [3.8, 4) is 5.75 Å². The quantitative estimate of drug-likeness (QED) is 0.577. The van der Waals surface area contributed by atoms with Gasteiger partial charge in [0.2, 0.25) is 0 Å². The number of hydrogen-bond donors (Lipinski definition) is 3. The van der Waals surface area contributed by atoms with Crippen molar-refractivity contribution in [2.24, 2.45) is 0 Å². The number of nitrogens with zero attached hydrogens (tertiary/aromatic N) is 3. The molecule has 0 unspecified atom stereocenters. The van der Waals surface area contributed by atoms with E-state index >= 15 is 0 Å². The summed E-state index contributed by atoms with van der Waals surface area (Å²) in [5.74, 6) is 0.00106. The van der Waals surface area contributed by atoms with Gasteiger partial charge in [-0.2, -0.15) is 0 Å². The molecule has 1 aromatic carbocycles. The maximum atomic E-state index is 14.7. The van der Waals surface area contributed by atoms with Gasteiger partial charge in [0, 0.05) is 13.1 Å². The van der Waals surface area contributed by atoms with Gasteiger partial charge in [0.1, 0.15) is 17.7 Å². The molecule has 3 aromatic rings. The molecule has 2 atom stereocenters. The van der Waals surface area contributed by atoms with Gasteiger partial charge >= 0.3 is 6.03 Å². The molecule has 5 rings (SSSR count). The van der Waals surface area contributed by atoms with Gasteiger partial charge in [-0.1, -0.05) is 0 Å². The predicted molar refractivity (Wildman–Crippen MR) is 113 cm³/mol. The molecule has 162 valence electrons. The van der Waals surface area contributed by atoms with Crippen LogP contribution in [0.4, 0.5) is 26.4 Å². The van der Waals surface area contributed by atoms with Crippen molar-refractivity contribution in [2.45, 2.75) is 38.0 Å². The second kappa shape index (κ2) is 7.69. The van der Waals surface area contributed by atoms with E-state index in [1.165, 1.54) is 24.1 Å². The highest BCUT2D eigenvalue weighted by atomic mass is 19.1. The van der Waals surface area contributed by atoms with Crippen LogP contribution in [-0.4, -0.2) is 46.9 Å². The Bertz CT molecular complexity index is 1160. The number of rotatable bonds is 2. The second-order valence-electron chi connectivity index (χ2n) is 7.71. The lowest BCUT2D eigenvalue weighted by molar-refractivity contribution is 0.0300. The lowest BCUT2D eigenvalue weighted by Gasteiger charge is -2.22. The molecule has 2 aliphatic rings. The molecule has 1 aliphatic carbocycles. The van der Waals surface area contributed by atoms with Crippen LogP contribution in [0.5, 0.6) is 5.75 Å². The Morgan fingerprint density at radius 2 is 2.19 bits per heavy atom. The third-order valence-electron chi connectivity index (χ3n) is 5.79. The maximum Gasteiger partial charge on any atom is 0.328 e. The van der Waals surface area contributed by atoms with E-state index in [0.717, 1.165) is 19.3 Å². The number of nitrogens with one attached hydrogen (secondary N) is 3. The van der Waals surface area contributed by atoms with Crippen molar-refractivity contribution < 1.29 is 18.7 Å². The molecule has 10 heteroatoms. The van der Waals surface area contributed by atoms with E-state index in [1.807, 2.05) is 0 Å². The smallest absolute Gasteiger partial charge is 0.328 e. The fourth-order valence-corrected chi connectivity index (χ4v) is 4.29. The number of halogens is 1. The van der Waals surface area contributed by atoms with Crippen molar-refractivity contribution >= 4 is 34.4 Å². The molecule has 4 bridgehead atoms. The van der Waals surface area contributed by atoms with Crippen molar-refractivity contribution in [1.82, 2.24) is 19.9 Å². The van der Waals surface area contributed by atoms with Gasteiger partial charge in [0.15, 0.2) is 17.2 Å². The highest BCUT2D eigenvalue weighted by molar-refractivity contribution is 5.94. The minimum Gasteiger partial charge on any atom is -0.492 e. The molecule has 1 amide bonds. The summed E-state index contributed by atoms with van der Waals surface area (Å²) in [5, 5.41) is 9.25. The van der Waals surface area contributed by atoms with Crippen molar-refractivity contribution in [2.75, 3.05) is 24.8 Å². The molecular weight excluding hydrogens is 403 g/mol. The van der Waals surface area contributed by atoms with Crippen molar-refractivity contribution in [3.63, 3.8) is 0 Å². The van der Waals surface area contributed by atoms with Gasteiger partial charge in [-0.15, -0.1) is 0 Å². The lowest BCUT2D eigenvalue weighted by atomic mass is 10.1. The summed E-state index contributed by atoms with van der Waals surface area (Å²) < 4.78 is 27.5. The number of carbonyl (C=O) groups excluding carboxylic acids is 1. The predicted octanol–water partition coefficient (Wildman–Crippen LogP) is 3.37. The minimum atomic E-state index is -0.491. The fraction of sp³-hybridized carbons (Fsp3) is 0.381. The summed E-state index contributed by atoms with van der Waals surface area (Å²) in [7, 11) is 3.17. The summed E-state index contributed by atoms with van der Waals surface area (Å²) in [6.07, 6.45) is 3.88. The summed E-state index contributed by atoms with van der Waals surface area (Å²) in [4.78, 5) is 22.0. The van der Waals surface area contributed by atoms with Gasteiger partial charge in [-0.05, 0) is 37.0 Å². The average Bonchev–Trinajstić information content (AvgIpc) is 3.37. The monoisotopic (exact) mass is 426 g/mol. The first-order valence-corrected chi connectivity index (χ1v) is 10.2. The third-order valence-corrected chi connectivity index (χ3v) is 5.79. The first-order valence-electron chi connectivity index (χ1n) is 10.2. The molecule has 31 heavy (non-hydrogen) atoms. The van der Waals surface area contributed by atoms with Gasteiger partial charge < -0.3 is 25.4 Å². The van der Waals surface area contributed by atoms with E-state index < -0.39 is 5.82 Å². The minimum absolute atomic E-state index is 0.0775. The summed E-state index contributed by atoms with van der Waals surface area (Å²) in [6, 6.07) is 4.49. The molecule has 2 aromatic heterocycles. The van der Waals surface area contributed by atoms with Gasteiger partial charge in [0.05, 0.1) is 37.2 Å². The van der Waals surface area contributed by atoms with Crippen molar-refractivity contribution in [1.29, 1.82) is 0 Å². The number of ether oxygens (including phenoxy) is 2. The Morgan fingerprint density at radius 1 is 1.32 bits per heavy atom. The number of fused-ring (bicyclic) bond motifs is 4. The van der Waals surface area contributed by atoms with Crippen LogP contribution >= 0.6 is 0 Å². The number of benzene rings is 1. The van der Waals surface area contributed by atoms with Crippen LogP contribution < -0.4 is 20.7 Å². The number of carbonyl (C=O) groups is 1. The first kappa shape index (κ1) is 19.6.